The average Bonchev–Trinajstić information content (AvgIpc) is 2.24. The first-order valence-electron chi connectivity index (χ1n) is 6.02. The Labute approximate surface area is 109 Å². The second-order valence-electron chi connectivity index (χ2n) is 5.59. The number of nitrogens with zero attached hydrogens (tertiary/aromatic N) is 1. The second-order valence-corrected chi connectivity index (χ2v) is 6.15. The van der Waals surface area contributed by atoms with Crippen LogP contribution in [0.25, 0.3) is 0 Å². The molecule has 1 heterocycles. The lowest BCUT2D eigenvalue weighted by molar-refractivity contribution is -0.166. The largest absolute Gasteiger partial charge is 0.394 e. The zero-order chi connectivity index (χ0) is 13.2. The summed E-state index contributed by atoms with van der Waals surface area (Å²) in [5, 5.41) is 8.90. The molecule has 1 saturated heterocycles. The molecule has 1 rings (SSSR count). The number of aliphatic hydroxyl groups is 1. The molecular weight excluding hydrogens is 238 g/mol. The number of morpholine rings is 1. The molecule has 0 aromatic carbocycles. The molecule has 0 bridgehead atoms. The van der Waals surface area contributed by atoms with Gasteiger partial charge in [0.1, 0.15) is 0 Å². The lowest BCUT2D eigenvalue weighted by atomic mass is 10.0. The molecule has 5 heteroatoms. The second kappa shape index (κ2) is 5.59. The lowest BCUT2D eigenvalue weighted by Crippen LogP contribution is -2.57. The number of amides is 1. The van der Waals surface area contributed by atoms with E-state index >= 15 is 0 Å². The number of carbonyl (C=O) groups excluding carboxylic acids is 1. The van der Waals surface area contributed by atoms with Crippen LogP contribution in [-0.4, -0.2) is 52.6 Å². The van der Waals surface area contributed by atoms with Gasteiger partial charge in [-0.25, -0.2) is 0 Å². The summed E-state index contributed by atoms with van der Waals surface area (Å²) >= 11 is 4.35. The van der Waals surface area contributed by atoms with E-state index < -0.39 is 5.60 Å². The van der Waals surface area contributed by atoms with E-state index in [2.05, 4.69) is 12.6 Å². The smallest absolute Gasteiger partial charge is 0.235 e. The quantitative estimate of drug-likeness (QED) is 0.743. The van der Waals surface area contributed by atoms with Gasteiger partial charge in [0.2, 0.25) is 5.91 Å². The van der Waals surface area contributed by atoms with Crippen LogP contribution < -0.4 is 0 Å². The van der Waals surface area contributed by atoms with Gasteiger partial charge >= 0.3 is 0 Å². The Hall–Kier alpha value is -0.260. The van der Waals surface area contributed by atoms with Gasteiger partial charge in [0.15, 0.2) is 0 Å². The molecule has 1 aliphatic rings. The van der Waals surface area contributed by atoms with Crippen molar-refractivity contribution in [1.82, 2.24) is 4.90 Å². The maximum Gasteiger partial charge on any atom is 0.235 e. The van der Waals surface area contributed by atoms with Gasteiger partial charge in [-0.05, 0) is 19.8 Å². The molecular formula is C12H23NO3S. The molecule has 2 unspecified atom stereocenters. The van der Waals surface area contributed by atoms with Crippen LogP contribution in [0.3, 0.4) is 0 Å². The third kappa shape index (κ3) is 3.86. The van der Waals surface area contributed by atoms with Crippen LogP contribution in [0.2, 0.25) is 0 Å². The van der Waals surface area contributed by atoms with Crippen molar-refractivity contribution in [3.05, 3.63) is 0 Å². The Morgan fingerprint density at radius 1 is 1.59 bits per heavy atom. The third-order valence-electron chi connectivity index (χ3n) is 2.88. The van der Waals surface area contributed by atoms with Crippen molar-refractivity contribution in [2.24, 2.45) is 5.92 Å². The minimum atomic E-state index is -0.411. The zero-order valence-corrected chi connectivity index (χ0v) is 11.9. The number of thiol groups is 1. The van der Waals surface area contributed by atoms with Crippen LogP contribution >= 0.6 is 12.6 Å². The number of hydrogen-bond donors (Lipinski definition) is 2. The van der Waals surface area contributed by atoms with E-state index in [1.807, 2.05) is 27.7 Å². The molecule has 17 heavy (non-hydrogen) atoms. The monoisotopic (exact) mass is 261 g/mol. The van der Waals surface area contributed by atoms with Crippen LogP contribution in [-0.2, 0) is 9.53 Å². The van der Waals surface area contributed by atoms with Gasteiger partial charge in [0, 0.05) is 13.1 Å². The average molecular weight is 261 g/mol. The summed E-state index contributed by atoms with van der Waals surface area (Å²) in [6.07, 6.45) is -0.296. The molecule has 0 spiro atoms. The molecule has 1 aliphatic heterocycles. The van der Waals surface area contributed by atoms with E-state index in [0.29, 0.717) is 13.1 Å². The summed E-state index contributed by atoms with van der Waals surface area (Å²) in [4.78, 5) is 14.0. The van der Waals surface area contributed by atoms with Gasteiger partial charge < -0.3 is 14.7 Å². The van der Waals surface area contributed by atoms with E-state index in [1.165, 1.54) is 0 Å². The van der Waals surface area contributed by atoms with Crippen molar-refractivity contribution in [3.63, 3.8) is 0 Å². The number of rotatable bonds is 3. The van der Waals surface area contributed by atoms with Crippen molar-refractivity contribution in [3.8, 4) is 0 Å². The lowest BCUT2D eigenvalue weighted by Gasteiger charge is -2.43. The maximum absolute atomic E-state index is 12.2. The van der Waals surface area contributed by atoms with Gasteiger partial charge in [0.05, 0.1) is 23.6 Å². The predicted molar refractivity (Wildman–Crippen MR) is 70.2 cm³/mol. The molecule has 0 radical (unpaired) electrons. The van der Waals surface area contributed by atoms with Crippen molar-refractivity contribution in [2.45, 2.75) is 44.6 Å². The summed E-state index contributed by atoms with van der Waals surface area (Å²) in [6, 6.07) is 0. The topological polar surface area (TPSA) is 49.8 Å². The summed E-state index contributed by atoms with van der Waals surface area (Å²) in [5.41, 5.74) is -0.411. The van der Waals surface area contributed by atoms with E-state index in [-0.39, 0.29) is 29.8 Å². The first-order chi connectivity index (χ1) is 7.76. The van der Waals surface area contributed by atoms with E-state index in [4.69, 9.17) is 4.74 Å². The van der Waals surface area contributed by atoms with Gasteiger partial charge in [0.25, 0.3) is 0 Å². The molecule has 0 aliphatic carbocycles. The summed E-state index contributed by atoms with van der Waals surface area (Å²) in [6.45, 7) is 8.74. The summed E-state index contributed by atoms with van der Waals surface area (Å²) in [7, 11) is 0. The van der Waals surface area contributed by atoms with Gasteiger partial charge in [-0.2, -0.15) is 12.6 Å². The van der Waals surface area contributed by atoms with Gasteiger partial charge in [-0.15, -0.1) is 0 Å². The highest BCUT2D eigenvalue weighted by atomic mass is 32.1. The van der Waals surface area contributed by atoms with Crippen LogP contribution in [0, 0.1) is 5.92 Å². The predicted octanol–water partition coefficient (Wildman–Crippen LogP) is 0.939. The maximum atomic E-state index is 12.2. The number of ether oxygens (including phenoxy) is 1. The van der Waals surface area contributed by atoms with Crippen LogP contribution in [0.5, 0.6) is 0 Å². The number of aliphatic hydroxyl groups excluding tert-OH is 1. The molecule has 100 valence electrons. The SMILES string of the molecule is CC(C)C(S)C(=O)N1CC(CO)OC(C)(C)C1. The highest BCUT2D eigenvalue weighted by Gasteiger charge is 2.37. The molecule has 0 aromatic heterocycles. The van der Waals surface area contributed by atoms with Crippen molar-refractivity contribution in [1.29, 1.82) is 0 Å². The number of carbonyl (C=O) groups is 1. The third-order valence-corrected chi connectivity index (χ3v) is 3.70. The fraction of sp³-hybridized carbons (Fsp3) is 0.917. The minimum absolute atomic E-state index is 0.0261. The molecule has 1 N–H and O–H groups in total. The van der Waals surface area contributed by atoms with Crippen molar-refractivity contribution < 1.29 is 14.6 Å². The summed E-state index contributed by atoms with van der Waals surface area (Å²) in [5.74, 6) is 0.225. The van der Waals surface area contributed by atoms with E-state index in [9.17, 15) is 9.90 Å². The fourth-order valence-corrected chi connectivity index (χ4v) is 2.19. The molecule has 4 nitrogen and oxygen atoms in total. The Kier molecular flexibility index (Phi) is 4.86. The van der Waals surface area contributed by atoms with Gasteiger partial charge in [-0.3, -0.25) is 4.79 Å². The summed E-state index contributed by atoms with van der Waals surface area (Å²) < 4.78 is 5.67. The van der Waals surface area contributed by atoms with Crippen molar-refractivity contribution >= 4 is 18.5 Å². The molecule has 1 fully saturated rings. The van der Waals surface area contributed by atoms with Crippen LogP contribution in [0.4, 0.5) is 0 Å². The Balaban J connectivity index is 2.73. The first-order valence-corrected chi connectivity index (χ1v) is 6.54. The molecule has 2 atom stereocenters. The first kappa shape index (κ1) is 14.8. The fourth-order valence-electron chi connectivity index (χ4n) is 2.03. The molecule has 0 aromatic rings. The standard InChI is InChI=1S/C12H23NO3S/c1-8(2)10(17)11(15)13-5-9(6-14)16-12(3,4)7-13/h8-10,14,17H,5-7H2,1-4H3. The molecule has 0 saturated carbocycles. The molecule has 1 amide bonds. The zero-order valence-electron chi connectivity index (χ0n) is 11.0. The van der Waals surface area contributed by atoms with E-state index in [0.717, 1.165) is 0 Å². The highest BCUT2D eigenvalue weighted by molar-refractivity contribution is 7.81. The van der Waals surface area contributed by atoms with Crippen LogP contribution in [0.15, 0.2) is 0 Å². The number of hydrogen-bond acceptors (Lipinski definition) is 4. The van der Waals surface area contributed by atoms with Crippen molar-refractivity contribution in [2.75, 3.05) is 19.7 Å². The van der Waals surface area contributed by atoms with E-state index in [1.54, 1.807) is 4.90 Å². The Bertz CT molecular complexity index is 281. The highest BCUT2D eigenvalue weighted by Crippen LogP contribution is 2.23. The normalized spacial score (nSPS) is 26.1. The van der Waals surface area contributed by atoms with Gasteiger partial charge in [-0.1, -0.05) is 13.8 Å². The van der Waals surface area contributed by atoms with Crippen LogP contribution in [0.1, 0.15) is 27.7 Å². The Morgan fingerprint density at radius 2 is 2.18 bits per heavy atom. The Morgan fingerprint density at radius 3 is 2.65 bits per heavy atom. The minimum Gasteiger partial charge on any atom is -0.394 e.